The monoisotopic (exact) mass is 432 g/mol. The van der Waals surface area contributed by atoms with Gasteiger partial charge in [0.2, 0.25) is 5.91 Å². The molecule has 4 heterocycles. The van der Waals surface area contributed by atoms with Crippen LogP contribution in [-0.2, 0) is 4.79 Å². The lowest BCUT2D eigenvalue weighted by Crippen LogP contribution is -2.42. The summed E-state index contributed by atoms with van der Waals surface area (Å²) < 4.78 is 26.4. The Morgan fingerprint density at radius 3 is 2.60 bits per heavy atom. The molecule has 0 aromatic carbocycles. The Balaban J connectivity index is 1.43. The lowest BCUT2D eigenvalue weighted by molar-refractivity contribution is -0.121. The van der Waals surface area contributed by atoms with E-state index in [0.29, 0.717) is 31.7 Å². The summed E-state index contributed by atoms with van der Waals surface area (Å²) in [7, 11) is 0. The highest BCUT2D eigenvalue weighted by molar-refractivity contribution is 7.14. The number of anilines is 1. The first-order valence-corrected chi connectivity index (χ1v) is 10.6. The van der Waals surface area contributed by atoms with Gasteiger partial charge in [-0.05, 0) is 50.4 Å². The second-order valence-electron chi connectivity index (χ2n) is 7.72. The molecular weight excluding hydrogens is 410 g/mol. The van der Waals surface area contributed by atoms with Gasteiger partial charge < -0.3 is 5.32 Å². The van der Waals surface area contributed by atoms with Crippen molar-refractivity contribution in [2.75, 3.05) is 25.0 Å². The number of fused-ring (bicyclic) bond motifs is 1. The third kappa shape index (κ3) is 4.93. The van der Waals surface area contributed by atoms with Crippen LogP contribution in [0.15, 0.2) is 24.5 Å². The van der Waals surface area contributed by atoms with E-state index < -0.39 is 5.92 Å². The summed E-state index contributed by atoms with van der Waals surface area (Å²) in [5, 5.41) is 14.4. The summed E-state index contributed by atoms with van der Waals surface area (Å²) in [6.45, 7) is 3.52. The molecule has 1 saturated heterocycles. The lowest BCUT2D eigenvalue weighted by Gasteiger charge is -2.32. The zero-order valence-corrected chi connectivity index (χ0v) is 17.5. The van der Waals surface area contributed by atoms with Crippen LogP contribution in [0.25, 0.3) is 21.5 Å². The van der Waals surface area contributed by atoms with Crippen LogP contribution in [0.4, 0.5) is 14.6 Å². The molecule has 3 aromatic rings. The number of piperidine rings is 1. The van der Waals surface area contributed by atoms with Crippen LogP contribution in [0.5, 0.6) is 0 Å². The van der Waals surface area contributed by atoms with E-state index in [9.17, 15) is 13.6 Å². The molecule has 0 atom stereocenters. The maximum atomic E-state index is 13.2. The topological polar surface area (TPSA) is 83.9 Å². The third-order valence-corrected chi connectivity index (χ3v) is 5.92. The van der Waals surface area contributed by atoms with Crippen LogP contribution >= 0.6 is 11.3 Å². The maximum Gasteiger partial charge on any atom is 0.257 e. The summed E-state index contributed by atoms with van der Waals surface area (Å²) in [6.07, 6.45) is 4.50. The first-order valence-electron chi connectivity index (χ1n) is 9.74. The van der Waals surface area contributed by atoms with Gasteiger partial charge in [-0.1, -0.05) is 11.3 Å². The highest BCUT2D eigenvalue weighted by atomic mass is 32.1. The van der Waals surface area contributed by atoms with Crippen molar-refractivity contribution < 1.29 is 13.6 Å². The molecule has 1 amide bonds. The van der Waals surface area contributed by atoms with Crippen molar-refractivity contribution in [2.45, 2.75) is 32.6 Å². The molecule has 7 nitrogen and oxygen atoms in total. The molecular formula is C20H22F2N6OS. The van der Waals surface area contributed by atoms with Crippen molar-refractivity contribution in [3.63, 3.8) is 0 Å². The van der Waals surface area contributed by atoms with Crippen LogP contribution < -0.4 is 5.32 Å². The minimum atomic E-state index is -2.72. The standard InChI is InChI=1S/C20H22F2N6OS/c1-12-26-27-19(30-12)16-7-14-8-17(24-10-15(14)9-23-16)25-18(29)13-3-5-28(6-4-13)11-20(2,21)22/h7-10,13H,3-6,11H2,1-2H3,(H,24,25,29). The molecule has 1 aliphatic heterocycles. The first-order chi connectivity index (χ1) is 14.3. The van der Waals surface area contributed by atoms with Gasteiger partial charge >= 0.3 is 0 Å². The molecule has 0 saturated carbocycles. The smallest absolute Gasteiger partial charge is 0.257 e. The van der Waals surface area contributed by atoms with Crippen molar-refractivity contribution in [1.82, 2.24) is 25.1 Å². The van der Waals surface area contributed by atoms with Crippen molar-refractivity contribution in [3.05, 3.63) is 29.5 Å². The van der Waals surface area contributed by atoms with E-state index in [1.807, 2.05) is 13.0 Å². The Labute approximate surface area is 176 Å². The molecule has 158 valence electrons. The second kappa shape index (κ2) is 8.27. The SMILES string of the molecule is Cc1nnc(-c2cc3cc(NC(=O)C4CCN(CC(C)(F)F)CC4)ncc3cn2)s1. The van der Waals surface area contributed by atoms with Crippen LogP contribution in [-0.4, -0.2) is 56.5 Å². The Kier molecular flexibility index (Phi) is 5.70. The number of likely N-dealkylation sites (tertiary alicyclic amines) is 1. The molecule has 0 radical (unpaired) electrons. The number of aryl methyl sites for hydroxylation is 1. The normalized spacial score (nSPS) is 16.1. The molecule has 0 spiro atoms. The quantitative estimate of drug-likeness (QED) is 0.661. The largest absolute Gasteiger partial charge is 0.310 e. The molecule has 1 aliphatic rings. The van der Waals surface area contributed by atoms with Gasteiger partial charge in [-0.25, -0.2) is 13.8 Å². The van der Waals surface area contributed by atoms with E-state index in [2.05, 4.69) is 25.5 Å². The molecule has 4 rings (SSSR count). The number of pyridine rings is 2. The Hall–Kier alpha value is -2.59. The van der Waals surface area contributed by atoms with Crippen LogP contribution in [0.1, 0.15) is 24.8 Å². The molecule has 1 fully saturated rings. The minimum absolute atomic E-state index is 0.126. The van der Waals surface area contributed by atoms with E-state index in [-0.39, 0.29) is 18.4 Å². The number of nitrogens with zero attached hydrogens (tertiary/aromatic N) is 5. The highest BCUT2D eigenvalue weighted by Crippen LogP contribution is 2.26. The van der Waals surface area contributed by atoms with E-state index in [1.165, 1.54) is 11.3 Å². The van der Waals surface area contributed by atoms with Crippen LogP contribution in [0.2, 0.25) is 0 Å². The van der Waals surface area contributed by atoms with Gasteiger partial charge in [-0.2, -0.15) is 0 Å². The number of nitrogens with one attached hydrogen (secondary N) is 1. The van der Waals surface area contributed by atoms with Crippen molar-refractivity contribution >= 4 is 33.8 Å². The predicted molar refractivity (Wildman–Crippen MR) is 112 cm³/mol. The average Bonchev–Trinajstić information content (AvgIpc) is 3.13. The van der Waals surface area contributed by atoms with Crippen LogP contribution in [0.3, 0.4) is 0 Å². The zero-order valence-electron chi connectivity index (χ0n) is 16.7. The van der Waals surface area contributed by atoms with E-state index in [4.69, 9.17) is 0 Å². The van der Waals surface area contributed by atoms with Crippen molar-refractivity contribution in [1.29, 1.82) is 0 Å². The van der Waals surface area contributed by atoms with Gasteiger partial charge in [0, 0.05) is 30.6 Å². The number of alkyl halides is 2. The Bertz CT molecular complexity index is 1060. The molecule has 10 heteroatoms. The molecule has 0 aliphatic carbocycles. The van der Waals surface area contributed by atoms with Crippen molar-refractivity contribution in [2.24, 2.45) is 5.92 Å². The fraction of sp³-hybridized carbons (Fsp3) is 0.450. The average molecular weight is 433 g/mol. The summed E-state index contributed by atoms with van der Waals surface area (Å²) >= 11 is 1.47. The van der Waals surface area contributed by atoms with Crippen LogP contribution in [0, 0.1) is 12.8 Å². The fourth-order valence-corrected chi connectivity index (χ4v) is 4.26. The maximum absolute atomic E-state index is 13.2. The lowest BCUT2D eigenvalue weighted by atomic mass is 9.95. The predicted octanol–water partition coefficient (Wildman–Crippen LogP) is 3.76. The number of hydrogen-bond acceptors (Lipinski definition) is 7. The van der Waals surface area contributed by atoms with E-state index in [0.717, 1.165) is 33.4 Å². The molecule has 1 N–H and O–H groups in total. The second-order valence-corrected chi connectivity index (χ2v) is 8.90. The summed E-state index contributed by atoms with van der Waals surface area (Å²) in [5.41, 5.74) is 0.719. The third-order valence-electron chi connectivity index (χ3n) is 5.06. The molecule has 3 aromatic heterocycles. The van der Waals surface area contributed by atoms with Crippen molar-refractivity contribution in [3.8, 4) is 10.7 Å². The number of halogens is 2. The van der Waals surface area contributed by atoms with E-state index in [1.54, 1.807) is 23.4 Å². The summed E-state index contributed by atoms with van der Waals surface area (Å²) in [6, 6.07) is 3.70. The number of rotatable bonds is 5. The van der Waals surface area contributed by atoms with Gasteiger partial charge in [0.1, 0.15) is 16.5 Å². The van der Waals surface area contributed by atoms with E-state index >= 15 is 0 Å². The number of amides is 1. The van der Waals surface area contributed by atoms with Gasteiger partial charge in [-0.15, -0.1) is 10.2 Å². The fourth-order valence-electron chi connectivity index (χ4n) is 3.60. The summed E-state index contributed by atoms with van der Waals surface area (Å²) in [5.74, 6) is -2.59. The highest BCUT2D eigenvalue weighted by Gasteiger charge is 2.30. The first kappa shape index (κ1) is 20.7. The summed E-state index contributed by atoms with van der Waals surface area (Å²) in [4.78, 5) is 23.1. The number of carbonyl (C=O) groups is 1. The van der Waals surface area contributed by atoms with Gasteiger partial charge in [0.05, 0.1) is 6.54 Å². The van der Waals surface area contributed by atoms with Gasteiger partial charge in [-0.3, -0.25) is 14.7 Å². The van der Waals surface area contributed by atoms with Gasteiger partial charge in [0.15, 0.2) is 5.01 Å². The number of hydrogen-bond donors (Lipinski definition) is 1. The minimum Gasteiger partial charge on any atom is -0.310 e. The number of aromatic nitrogens is 4. The molecule has 30 heavy (non-hydrogen) atoms. The molecule has 0 bridgehead atoms. The number of carbonyl (C=O) groups excluding carboxylic acids is 1. The Morgan fingerprint density at radius 2 is 1.93 bits per heavy atom. The Morgan fingerprint density at radius 1 is 1.20 bits per heavy atom. The zero-order chi connectivity index (χ0) is 21.3. The van der Waals surface area contributed by atoms with Gasteiger partial charge in [0.25, 0.3) is 5.92 Å². The molecule has 0 unspecified atom stereocenters.